The van der Waals surface area contributed by atoms with Gasteiger partial charge >= 0.3 is 0 Å². The van der Waals surface area contributed by atoms with Crippen LogP contribution in [0.15, 0.2) is 39.4 Å². The molecule has 7 heteroatoms. The predicted molar refractivity (Wildman–Crippen MR) is 103 cm³/mol. The largest absolute Gasteiger partial charge is 0.444 e. The molecule has 6 nitrogen and oxygen atoms in total. The molecule has 138 valence electrons. The highest BCUT2D eigenvalue weighted by Gasteiger charge is 2.23. The van der Waals surface area contributed by atoms with Crippen molar-refractivity contribution in [1.82, 2.24) is 4.90 Å². The molecular formula is C19H22BrN3O3. The Morgan fingerprint density at radius 2 is 2.08 bits per heavy atom. The Morgan fingerprint density at radius 1 is 1.35 bits per heavy atom. The minimum absolute atomic E-state index is 0.0572. The van der Waals surface area contributed by atoms with Crippen molar-refractivity contribution in [3.8, 4) is 0 Å². The van der Waals surface area contributed by atoms with Gasteiger partial charge in [-0.05, 0) is 66.0 Å². The van der Waals surface area contributed by atoms with E-state index in [0.29, 0.717) is 22.7 Å². The quantitative estimate of drug-likeness (QED) is 0.777. The lowest BCUT2D eigenvalue weighted by Gasteiger charge is -2.31. The van der Waals surface area contributed by atoms with Gasteiger partial charge in [0.05, 0.1) is 5.92 Å². The highest BCUT2D eigenvalue weighted by molar-refractivity contribution is 9.10. The molecule has 3 N–H and O–H groups in total. The number of nitrogens with two attached hydrogens (primary N) is 1. The Labute approximate surface area is 160 Å². The van der Waals surface area contributed by atoms with E-state index in [4.69, 9.17) is 10.2 Å². The van der Waals surface area contributed by atoms with Crippen LogP contribution in [-0.2, 0) is 11.3 Å². The zero-order valence-corrected chi connectivity index (χ0v) is 16.2. The minimum Gasteiger partial charge on any atom is -0.444 e. The molecule has 1 atom stereocenters. The number of anilines is 1. The van der Waals surface area contributed by atoms with E-state index in [1.165, 1.54) is 0 Å². The Balaban J connectivity index is 1.59. The highest BCUT2D eigenvalue weighted by atomic mass is 79.9. The second-order valence-corrected chi connectivity index (χ2v) is 7.47. The topological polar surface area (TPSA) is 88.6 Å². The summed E-state index contributed by atoms with van der Waals surface area (Å²) >= 11 is 3.23. The minimum atomic E-state index is -0.277. The predicted octanol–water partition coefficient (Wildman–Crippen LogP) is 3.30. The van der Waals surface area contributed by atoms with Crippen molar-refractivity contribution in [1.29, 1.82) is 0 Å². The van der Waals surface area contributed by atoms with Gasteiger partial charge < -0.3 is 15.5 Å². The molecular weight excluding hydrogens is 398 g/mol. The third-order valence-electron chi connectivity index (χ3n) is 4.62. The number of benzene rings is 1. The van der Waals surface area contributed by atoms with Gasteiger partial charge in [0.25, 0.3) is 5.91 Å². The molecule has 1 fully saturated rings. The van der Waals surface area contributed by atoms with Crippen LogP contribution in [0, 0.1) is 12.8 Å². The van der Waals surface area contributed by atoms with Crippen LogP contribution in [0.1, 0.15) is 34.5 Å². The monoisotopic (exact) mass is 419 g/mol. The fourth-order valence-electron chi connectivity index (χ4n) is 3.24. The SMILES string of the molecule is Cc1cc(Br)oc1C(=O)Nc1ccc(CN2CCCC(C(N)=O)C2)cc1. The van der Waals surface area contributed by atoms with Crippen molar-refractivity contribution in [2.75, 3.05) is 18.4 Å². The molecule has 2 aromatic rings. The number of carbonyl (C=O) groups is 2. The number of aryl methyl sites for hydroxylation is 1. The van der Waals surface area contributed by atoms with E-state index in [2.05, 4.69) is 26.1 Å². The molecule has 1 saturated heterocycles. The molecule has 3 rings (SSSR count). The first-order valence-electron chi connectivity index (χ1n) is 8.60. The number of furan rings is 1. The second-order valence-electron chi connectivity index (χ2n) is 6.69. The molecule has 2 amide bonds. The molecule has 1 aliphatic heterocycles. The Morgan fingerprint density at radius 3 is 2.69 bits per heavy atom. The maximum absolute atomic E-state index is 12.3. The Kier molecular flexibility index (Phi) is 5.78. The molecule has 0 bridgehead atoms. The third kappa shape index (κ3) is 4.53. The van der Waals surface area contributed by atoms with Gasteiger partial charge in [-0.2, -0.15) is 0 Å². The summed E-state index contributed by atoms with van der Waals surface area (Å²) in [7, 11) is 0. The van der Waals surface area contributed by atoms with E-state index < -0.39 is 0 Å². The summed E-state index contributed by atoms with van der Waals surface area (Å²) in [5.41, 5.74) is 8.05. The number of hydrogen-bond acceptors (Lipinski definition) is 4. The number of primary amides is 1. The van der Waals surface area contributed by atoms with Crippen molar-refractivity contribution in [2.24, 2.45) is 11.7 Å². The van der Waals surface area contributed by atoms with E-state index in [1.54, 1.807) is 6.07 Å². The van der Waals surface area contributed by atoms with Gasteiger partial charge in [0.15, 0.2) is 10.4 Å². The van der Waals surface area contributed by atoms with Crippen LogP contribution in [0.2, 0.25) is 0 Å². The van der Waals surface area contributed by atoms with Crippen molar-refractivity contribution in [3.63, 3.8) is 0 Å². The van der Waals surface area contributed by atoms with Gasteiger partial charge in [-0.25, -0.2) is 0 Å². The highest BCUT2D eigenvalue weighted by Crippen LogP contribution is 2.22. The van der Waals surface area contributed by atoms with E-state index in [9.17, 15) is 9.59 Å². The summed E-state index contributed by atoms with van der Waals surface area (Å²) in [5, 5.41) is 2.84. The number of carbonyl (C=O) groups excluding carboxylic acids is 2. The maximum atomic E-state index is 12.3. The number of rotatable bonds is 5. The molecule has 0 spiro atoms. The van der Waals surface area contributed by atoms with Crippen molar-refractivity contribution >= 4 is 33.4 Å². The molecule has 1 aliphatic rings. The molecule has 2 heterocycles. The van der Waals surface area contributed by atoms with Gasteiger partial charge in [-0.3, -0.25) is 14.5 Å². The molecule has 0 radical (unpaired) electrons. The molecule has 1 unspecified atom stereocenters. The lowest BCUT2D eigenvalue weighted by molar-refractivity contribution is -0.123. The summed E-state index contributed by atoms with van der Waals surface area (Å²) in [5.74, 6) is -0.251. The van der Waals surface area contributed by atoms with Crippen LogP contribution in [0.25, 0.3) is 0 Å². The average molecular weight is 420 g/mol. The van der Waals surface area contributed by atoms with Crippen LogP contribution >= 0.6 is 15.9 Å². The van der Waals surface area contributed by atoms with E-state index in [1.807, 2.05) is 31.2 Å². The third-order valence-corrected chi connectivity index (χ3v) is 5.01. The van der Waals surface area contributed by atoms with Crippen LogP contribution < -0.4 is 11.1 Å². The number of amides is 2. The second kappa shape index (κ2) is 8.05. The standard InChI is InChI=1S/C19H22BrN3O3/c1-12-9-16(20)26-17(12)19(25)22-15-6-4-13(5-7-15)10-23-8-2-3-14(11-23)18(21)24/h4-7,9,14H,2-3,8,10-11H2,1H3,(H2,21,24)(H,22,25). The summed E-state index contributed by atoms with van der Waals surface area (Å²) in [6.45, 7) is 4.27. The van der Waals surface area contributed by atoms with Crippen molar-refractivity contribution in [3.05, 3.63) is 51.9 Å². The normalized spacial score (nSPS) is 17.8. The Hall–Kier alpha value is -2.12. The summed E-state index contributed by atoms with van der Waals surface area (Å²) in [6.07, 6.45) is 1.86. The van der Waals surface area contributed by atoms with Crippen LogP contribution in [0.5, 0.6) is 0 Å². The van der Waals surface area contributed by atoms with Gasteiger partial charge in [-0.1, -0.05) is 12.1 Å². The van der Waals surface area contributed by atoms with E-state index in [-0.39, 0.29) is 17.7 Å². The van der Waals surface area contributed by atoms with Crippen molar-refractivity contribution in [2.45, 2.75) is 26.3 Å². The zero-order chi connectivity index (χ0) is 18.7. The molecule has 1 aromatic carbocycles. The number of halogens is 1. The number of likely N-dealkylation sites (tertiary alicyclic amines) is 1. The van der Waals surface area contributed by atoms with E-state index >= 15 is 0 Å². The maximum Gasteiger partial charge on any atom is 0.291 e. The van der Waals surface area contributed by atoms with Crippen LogP contribution in [0.4, 0.5) is 5.69 Å². The number of nitrogens with zero attached hydrogens (tertiary/aromatic N) is 1. The molecule has 0 aliphatic carbocycles. The first-order valence-corrected chi connectivity index (χ1v) is 9.39. The zero-order valence-electron chi connectivity index (χ0n) is 14.6. The number of piperidine rings is 1. The van der Waals surface area contributed by atoms with Gasteiger partial charge in [0.2, 0.25) is 5.91 Å². The summed E-state index contributed by atoms with van der Waals surface area (Å²) < 4.78 is 5.90. The Bertz CT molecular complexity index is 801. The number of nitrogens with one attached hydrogen (secondary N) is 1. The molecule has 26 heavy (non-hydrogen) atoms. The smallest absolute Gasteiger partial charge is 0.291 e. The van der Waals surface area contributed by atoms with Gasteiger partial charge in [0.1, 0.15) is 0 Å². The first-order chi connectivity index (χ1) is 12.4. The van der Waals surface area contributed by atoms with Crippen LogP contribution in [0.3, 0.4) is 0 Å². The lowest BCUT2D eigenvalue weighted by atomic mass is 9.97. The fraction of sp³-hybridized carbons (Fsp3) is 0.368. The molecule has 0 saturated carbocycles. The van der Waals surface area contributed by atoms with Gasteiger partial charge in [0, 0.05) is 24.3 Å². The lowest BCUT2D eigenvalue weighted by Crippen LogP contribution is -2.40. The van der Waals surface area contributed by atoms with Crippen molar-refractivity contribution < 1.29 is 14.0 Å². The molecule has 1 aromatic heterocycles. The number of hydrogen-bond donors (Lipinski definition) is 2. The fourth-order valence-corrected chi connectivity index (χ4v) is 3.74. The van der Waals surface area contributed by atoms with Gasteiger partial charge in [-0.15, -0.1) is 0 Å². The van der Waals surface area contributed by atoms with E-state index in [0.717, 1.165) is 37.1 Å². The summed E-state index contributed by atoms with van der Waals surface area (Å²) in [6, 6.07) is 9.46. The summed E-state index contributed by atoms with van der Waals surface area (Å²) in [4.78, 5) is 25.9. The van der Waals surface area contributed by atoms with Crippen LogP contribution in [-0.4, -0.2) is 29.8 Å². The first kappa shape index (κ1) is 18.7. The average Bonchev–Trinajstić information content (AvgIpc) is 2.95.